The molecule has 4 nitrogen and oxygen atoms in total. The zero-order valence-electron chi connectivity index (χ0n) is 9.82. The van der Waals surface area contributed by atoms with Crippen molar-refractivity contribution < 1.29 is 14.6 Å². The summed E-state index contributed by atoms with van der Waals surface area (Å²) in [5, 5.41) is 9.21. The lowest BCUT2D eigenvalue weighted by Gasteiger charge is -2.28. The highest BCUT2D eigenvalue weighted by Gasteiger charge is 2.31. The highest BCUT2D eigenvalue weighted by atomic mass is 16.6. The van der Waals surface area contributed by atoms with E-state index in [0.717, 1.165) is 25.9 Å². The Morgan fingerprint density at radius 3 is 2.33 bits per heavy atom. The first kappa shape index (κ1) is 12.5. The third-order valence-electron chi connectivity index (χ3n) is 2.43. The number of aliphatic hydroxyl groups is 1. The van der Waals surface area contributed by atoms with Gasteiger partial charge in [-0.05, 0) is 46.7 Å². The Labute approximate surface area is 91.2 Å². The van der Waals surface area contributed by atoms with Crippen LogP contribution in [0.15, 0.2) is 0 Å². The Morgan fingerprint density at radius 1 is 1.40 bits per heavy atom. The van der Waals surface area contributed by atoms with E-state index in [0.29, 0.717) is 0 Å². The fourth-order valence-corrected chi connectivity index (χ4v) is 1.76. The monoisotopic (exact) mass is 215 g/mol. The van der Waals surface area contributed by atoms with Gasteiger partial charge in [0, 0.05) is 0 Å². The van der Waals surface area contributed by atoms with Gasteiger partial charge in [-0.3, -0.25) is 9.69 Å². The number of likely N-dealkylation sites (tertiary alicyclic amines) is 1. The van der Waals surface area contributed by atoms with Gasteiger partial charge in [-0.25, -0.2) is 0 Å². The molecule has 0 unspecified atom stereocenters. The zero-order valence-corrected chi connectivity index (χ0v) is 9.82. The first-order chi connectivity index (χ1) is 6.94. The zero-order chi connectivity index (χ0) is 11.5. The Morgan fingerprint density at radius 2 is 1.93 bits per heavy atom. The quantitative estimate of drug-likeness (QED) is 0.707. The van der Waals surface area contributed by atoms with Crippen LogP contribution in [-0.4, -0.2) is 47.3 Å². The van der Waals surface area contributed by atoms with Crippen molar-refractivity contribution in [3.05, 3.63) is 0 Å². The van der Waals surface area contributed by atoms with Crippen molar-refractivity contribution >= 4 is 5.97 Å². The molecule has 0 spiro atoms. The van der Waals surface area contributed by atoms with Crippen molar-refractivity contribution in [1.82, 2.24) is 4.90 Å². The van der Waals surface area contributed by atoms with E-state index >= 15 is 0 Å². The molecule has 0 amide bonds. The molecule has 1 saturated heterocycles. The summed E-state index contributed by atoms with van der Waals surface area (Å²) >= 11 is 0. The molecule has 1 fully saturated rings. The molecule has 0 aromatic carbocycles. The minimum absolute atomic E-state index is 0.158. The first-order valence-electron chi connectivity index (χ1n) is 5.52. The Kier molecular flexibility index (Phi) is 4.11. The van der Waals surface area contributed by atoms with Crippen LogP contribution in [0.3, 0.4) is 0 Å². The second kappa shape index (κ2) is 4.94. The summed E-state index contributed by atoms with van der Waals surface area (Å²) in [4.78, 5) is 13.7. The Hall–Kier alpha value is -0.610. The van der Waals surface area contributed by atoms with Gasteiger partial charge in [0.1, 0.15) is 11.6 Å². The molecule has 88 valence electrons. The number of rotatable bonds is 3. The van der Waals surface area contributed by atoms with Crippen LogP contribution in [0.2, 0.25) is 0 Å². The van der Waals surface area contributed by atoms with E-state index in [-0.39, 0.29) is 12.6 Å². The highest BCUT2D eigenvalue weighted by Crippen LogP contribution is 2.15. The third kappa shape index (κ3) is 3.80. The number of ether oxygens (including phenoxy) is 1. The van der Waals surface area contributed by atoms with E-state index in [1.165, 1.54) is 0 Å². The minimum atomic E-state index is -0.482. The smallest absolute Gasteiger partial charge is 0.326 e. The average molecular weight is 215 g/mol. The summed E-state index contributed by atoms with van der Waals surface area (Å²) < 4.78 is 5.26. The van der Waals surface area contributed by atoms with Crippen LogP contribution in [0.5, 0.6) is 0 Å². The van der Waals surface area contributed by atoms with E-state index in [2.05, 4.69) is 0 Å². The lowest BCUT2D eigenvalue weighted by atomic mass is 10.2. The van der Waals surface area contributed by atoms with Crippen molar-refractivity contribution in [1.29, 1.82) is 0 Å². The number of aliphatic hydroxyl groups excluding tert-OH is 1. The van der Waals surface area contributed by atoms with E-state index in [4.69, 9.17) is 4.74 Å². The molecule has 1 heterocycles. The first-order valence-corrected chi connectivity index (χ1v) is 5.52. The van der Waals surface area contributed by atoms with Crippen LogP contribution in [0.1, 0.15) is 33.6 Å². The molecule has 1 aliphatic rings. The summed E-state index contributed by atoms with van der Waals surface area (Å²) in [7, 11) is 0. The molecule has 1 aliphatic heterocycles. The van der Waals surface area contributed by atoms with Crippen molar-refractivity contribution in [2.75, 3.05) is 19.7 Å². The summed E-state index contributed by atoms with van der Waals surface area (Å²) in [5.41, 5.74) is -0.482. The van der Waals surface area contributed by atoms with Crippen molar-refractivity contribution in [2.24, 2.45) is 0 Å². The highest BCUT2D eigenvalue weighted by molar-refractivity contribution is 5.76. The number of carbonyl (C=O) groups is 1. The van der Waals surface area contributed by atoms with Crippen LogP contribution in [0.25, 0.3) is 0 Å². The van der Waals surface area contributed by atoms with Gasteiger partial charge in [0.05, 0.1) is 6.61 Å². The van der Waals surface area contributed by atoms with Crippen molar-refractivity contribution in [3.63, 3.8) is 0 Å². The van der Waals surface area contributed by atoms with Crippen molar-refractivity contribution in [3.8, 4) is 0 Å². The number of esters is 1. The van der Waals surface area contributed by atoms with E-state index in [9.17, 15) is 9.90 Å². The molecule has 4 heteroatoms. The molecule has 1 atom stereocenters. The number of nitrogens with zero attached hydrogens (tertiary/aromatic N) is 1. The molecule has 0 radical (unpaired) electrons. The molecular formula is C11H21NO3. The Bertz CT molecular complexity index is 216. The normalized spacial score (nSPS) is 20.3. The number of hydrogen-bond acceptors (Lipinski definition) is 4. The molecule has 0 bridgehead atoms. The van der Waals surface area contributed by atoms with Crippen LogP contribution < -0.4 is 0 Å². The molecule has 1 rings (SSSR count). The maximum Gasteiger partial charge on any atom is 0.326 e. The topological polar surface area (TPSA) is 49.8 Å². The maximum atomic E-state index is 11.8. The van der Waals surface area contributed by atoms with Gasteiger partial charge in [0.2, 0.25) is 0 Å². The fourth-order valence-electron chi connectivity index (χ4n) is 1.76. The van der Waals surface area contributed by atoms with Gasteiger partial charge >= 0.3 is 5.97 Å². The fraction of sp³-hybridized carbons (Fsp3) is 0.909. The number of carbonyl (C=O) groups excluding carboxylic acids is 1. The van der Waals surface area contributed by atoms with Crippen LogP contribution in [0, 0.1) is 0 Å². The lowest BCUT2D eigenvalue weighted by molar-refractivity contribution is -0.162. The van der Waals surface area contributed by atoms with Gasteiger partial charge in [0.25, 0.3) is 0 Å². The average Bonchev–Trinajstić information content (AvgIpc) is 2.54. The molecule has 0 aliphatic carbocycles. The second-order valence-electron chi connectivity index (χ2n) is 4.97. The van der Waals surface area contributed by atoms with Crippen LogP contribution in [0.4, 0.5) is 0 Å². The molecule has 1 N–H and O–H groups in total. The molecule has 0 aromatic rings. The number of hydrogen-bond donors (Lipinski definition) is 1. The van der Waals surface area contributed by atoms with E-state index < -0.39 is 11.6 Å². The summed E-state index contributed by atoms with van der Waals surface area (Å²) in [5.74, 6) is -0.313. The summed E-state index contributed by atoms with van der Waals surface area (Å²) in [6.07, 6.45) is 2.19. The van der Waals surface area contributed by atoms with Gasteiger partial charge in [-0.2, -0.15) is 0 Å². The lowest BCUT2D eigenvalue weighted by Crippen LogP contribution is -2.45. The van der Waals surface area contributed by atoms with Gasteiger partial charge in [-0.15, -0.1) is 0 Å². The molecular weight excluding hydrogens is 194 g/mol. The summed E-state index contributed by atoms with van der Waals surface area (Å²) in [6, 6.07) is -0.480. The standard InChI is InChI=1S/C11H21NO3/c1-11(2,3)15-10(14)9(8-13)12-6-4-5-7-12/h9,13H,4-8H2,1-3H3/t9-/m0/s1. The predicted octanol–water partition coefficient (Wildman–Crippen LogP) is 0.785. The SMILES string of the molecule is CC(C)(C)OC(=O)[C@H](CO)N1CCCC1. The third-order valence-corrected chi connectivity index (χ3v) is 2.43. The van der Waals surface area contributed by atoms with Gasteiger partial charge < -0.3 is 9.84 Å². The molecule has 0 saturated carbocycles. The molecule has 15 heavy (non-hydrogen) atoms. The van der Waals surface area contributed by atoms with Gasteiger partial charge in [0.15, 0.2) is 0 Å². The second-order valence-corrected chi connectivity index (χ2v) is 4.97. The van der Waals surface area contributed by atoms with E-state index in [1.807, 2.05) is 25.7 Å². The van der Waals surface area contributed by atoms with Crippen molar-refractivity contribution in [2.45, 2.75) is 45.3 Å². The van der Waals surface area contributed by atoms with Gasteiger partial charge in [-0.1, -0.05) is 0 Å². The van der Waals surface area contributed by atoms with Crippen LogP contribution in [-0.2, 0) is 9.53 Å². The van der Waals surface area contributed by atoms with E-state index in [1.54, 1.807) is 0 Å². The Balaban J connectivity index is 2.53. The largest absolute Gasteiger partial charge is 0.459 e. The minimum Gasteiger partial charge on any atom is -0.459 e. The molecule has 0 aromatic heterocycles. The van der Waals surface area contributed by atoms with Crippen LogP contribution >= 0.6 is 0 Å². The predicted molar refractivity (Wildman–Crippen MR) is 57.5 cm³/mol. The summed E-state index contributed by atoms with van der Waals surface area (Å²) in [6.45, 7) is 7.11. The maximum absolute atomic E-state index is 11.8.